The van der Waals surface area contributed by atoms with Gasteiger partial charge < -0.3 is 5.11 Å². The van der Waals surface area contributed by atoms with Gasteiger partial charge in [0, 0.05) is 5.56 Å². The van der Waals surface area contributed by atoms with Gasteiger partial charge in [-0.15, -0.1) is 0 Å². The molecule has 0 spiro atoms. The Morgan fingerprint density at radius 1 is 1.10 bits per heavy atom. The first kappa shape index (κ1) is 17.0. The summed E-state index contributed by atoms with van der Waals surface area (Å²) in [6.07, 6.45) is 0. The summed E-state index contributed by atoms with van der Waals surface area (Å²) in [7, 11) is 0. The number of alkyl halides is 3. The standard InChI is InChI=1S/C15H17Br3N2O/c1-9-13(21)12(19-20(9)14(2,3)4)10-7-5-6-8-11(10)15(16,17)18/h5-8,21H,1-4H3. The molecule has 0 amide bonds. The van der Waals surface area contributed by atoms with Gasteiger partial charge in [-0.05, 0) is 33.3 Å². The molecule has 114 valence electrons. The Bertz CT molecular complexity index is 667. The topological polar surface area (TPSA) is 38.1 Å². The Morgan fingerprint density at radius 2 is 1.67 bits per heavy atom. The summed E-state index contributed by atoms with van der Waals surface area (Å²) in [6.45, 7) is 8.06. The number of nitrogens with zero attached hydrogens (tertiary/aromatic N) is 2. The van der Waals surface area contributed by atoms with Crippen molar-refractivity contribution in [2.24, 2.45) is 0 Å². The molecule has 0 atom stereocenters. The number of aromatic nitrogens is 2. The summed E-state index contributed by atoms with van der Waals surface area (Å²) in [5.74, 6) is 0.217. The fraction of sp³-hybridized carbons (Fsp3) is 0.400. The Morgan fingerprint density at radius 3 is 2.14 bits per heavy atom. The molecule has 0 unspecified atom stereocenters. The van der Waals surface area contributed by atoms with Crippen LogP contribution in [0.25, 0.3) is 11.3 Å². The van der Waals surface area contributed by atoms with Gasteiger partial charge in [-0.1, -0.05) is 72.1 Å². The van der Waals surface area contributed by atoms with Crippen molar-refractivity contribution in [1.82, 2.24) is 9.78 Å². The van der Waals surface area contributed by atoms with Crippen molar-refractivity contribution in [3.63, 3.8) is 0 Å². The lowest BCUT2D eigenvalue weighted by Crippen LogP contribution is -2.24. The summed E-state index contributed by atoms with van der Waals surface area (Å²) in [4.78, 5) is 0. The molecule has 1 aromatic heterocycles. The van der Waals surface area contributed by atoms with E-state index < -0.39 is 2.14 Å². The van der Waals surface area contributed by atoms with E-state index in [4.69, 9.17) is 0 Å². The molecule has 1 heterocycles. The van der Waals surface area contributed by atoms with E-state index in [9.17, 15) is 5.11 Å². The van der Waals surface area contributed by atoms with Crippen molar-refractivity contribution in [2.75, 3.05) is 0 Å². The summed E-state index contributed by atoms with van der Waals surface area (Å²) in [5, 5.41) is 15.1. The molecule has 0 aliphatic rings. The van der Waals surface area contributed by atoms with Crippen LogP contribution >= 0.6 is 47.8 Å². The van der Waals surface area contributed by atoms with Gasteiger partial charge in [0.15, 0.2) is 7.89 Å². The Balaban J connectivity index is 2.70. The van der Waals surface area contributed by atoms with Crippen LogP contribution in [0.3, 0.4) is 0 Å². The lowest BCUT2D eigenvalue weighted by atomic mass is 10.1. The molecule has 0 aliphatic carbocycles. The van der Waals surface area contributed by atoms with Gasteiger partial charge in [-0.2, -0.15) is 5.10 Å². The van der Waals surface area contributed by atoms with Crippen molar-refractivity contribution < 1.29 is 5.11 Å². The highest BCUT2D eigenvalue weighted by Gasteiger charge is 2.29. The molecule has 0 saturated heterocycles. The molecule has 0 fully saturated rings. The molecule has 2 rings (SSSR count). The average molecular weight is 481 g/mol. The maximum absolute atomic E-state index is 10.5. The van der Waals surface area contributed by atoms with Crippen LogP contribution in [-0.4, -0.2) is 14.9 Å². The lowest BCUT2D eigenvalue weighted by Gasteiger charge is -2.21. The van der Waals surface area contributed by atoms with E-state index in [-0.39, 0.29) is 11.3 Å². The van der Waals surface area contributed by atoms with E-state index in [1.165, 1.54) is 0 Å². The van der Waals surface area contributed by atoms with Crippen LogP contribution < -0.4 is 0 Å². The van der Waals surface area contributed by atoms with Crippen molar-refractivity contribution in [3.8, 4) is 17.0 Å². The smallest absolute Gasteiger partial charge is 0.164 e. The number of benzene rings is 1. The largest absolute Gasteiger partial charge is 0.504 e. The van der Waals surface area contributed by atoms with E-state index in [1.54, 1.807) is 0 Å². The zero-order chi connectivity index (χ0) is 16.0. The number of halogens is 3. The third kappa shape index (κ3) is 3.37. The quantitative estimate of drug-likeness (QED) is 0.538. The third-order valence-electron chi connectivity index (χ3n) is 3.21. The van der Waals surface area contributed by atoms with Gasteiger partial charge in [0.05, 0.1) is 11.2 Å². The molecule has 1 N–H and O–H groups in total. The zero-order valence-corrected chi connectivity index (χ0v) is 17.0. The number of hydrogen-bond donors (Lipinski definition) is 1. The van der Waals surface area contributed by atoms with Crippen molar-refractivity contribution in [1.29, 1.82) is 0 Å². The van der Waals surface area contributed by atoms with Crippen molar-refractivity contribution in [2.45, 2.75) is 35.4 Å². The Hall–Kier alpha value is -0.330. The maximum atomic E-state index is 10.5. The van der Waals surface area contributed by atoms with Crippen molar-refractivity contribution in [3.05, 3.63) is 35.5 Å². The summed E-state index contributed by atoms with van der Waals surface area (Å²) in [6, 6.07) is 7.80. The second-order valence-corrected chi connectivity index (χ2v) is 12.7. The molecular weight excluding hydrogens is 464 g/mol. The molecule has 1 aromatic carbocycles. The molecule has 0 saturated carbocycles. The highest BCUT2D eigenvalue weighted by molar-refractivity contribution is 9.38. The third-order valence-corrected chi connectivity index (χ3v) is 4.49. The number of hydrogen-bond acceptors (Lipinski definition) is 2. The Labute approximate surface area is 150 Å². The average Bonchev–Trinajstić information content (AvgIpc) is 2.65. The van der Waals surface area contributed by atoms with Gasteiger partial charge in [0.1, 0.15) is 5.69 Å². The predicted octanol–water partition coefficient (Wildman–Crippen LogP) is 5.61. The first-order valence-corrected chi connectivity index (χ1v) is 8.87. The minimum atomic E-state index is -0.560. The van der Waals surface area contributed by atoms with Gasteiger partial charge in [-0.25, -0.2) is 0 Å². The molecule has 3 nitrogen and oxygen atoms in total. The second kappa shape index (κ2) is 5.70. The number of rotatable bonds is 1. The highest BCUT2D eigenvalue weighted by Crippen LogP contribution is 2.49. The SMILES string of the molecule is Cc1c(O)c(-c2ccccc2C(Br)(Br)Br)nn1C(C)(C)C. The van der Waals surface area contributed by atoms with Crippen LogP contribution in [-0.2, 0) is 7.68 Å². The Kier molecular flexibility index (Phi) is 4.63. The first-order chi connectivity index (χ1) is 9.53. The fourth-order valence-corrected chi connectivity index (χ4v) is 3.30. The van der Waals surface area contributed by atoms with Crippen LogP contribution in [0.4, 0.5) is 0 Å². The van der Waals surface area contributed by atoms with Crippen molar-refractivity contribution >= 4 is 47.8 Å². The second-order valence-electron chi connectivity index (χ2n) is 5.91. The molecule has 6 heteroatoms. The molecule has 0 radical (unpaired) electrons. The van der Waals surface area contributed by atoms with Gasteiger partial charge in [0.2, 0.25) is 0 Å². The van der Waals surface area contributed by atoms with Crippen LogP contribution in [0, 0.1) is 6.92 Å². The molecule has 21 heavy (non-hydrogen) atoms. The predicted molar refractivity (Wildman–Crippen MR) is 97.5 cm³/mol. The molecule has 2 aromatic rings. The lowest BCUT2D eigenvalue weighted by molar-refractivity contribution is 0.345. The normalized spacial score (nSPS) is 12.7. The molecular formula is C15H17Br3N2O. The van der Waals surface area contributed by atoms with E-state index >= 15 is 0 Å². The minimum Gasteiger partial charge on any atom is -0.504 e. The van der Waals surface area contributed by atoms with Crippen LogP contribution in [0.15, 0.2) is 24.3 Å². The van der Waals surface area contributed by atoms with Crippen LogP contribution in [0.5, 0.6) is 5.75 Å². The van der Waals surface area contributed by atoms with Gasteiger partial charge in [0.25, 0.3) is 0 Å². The maximum Gasteiger partial charge on any atom is 0.164 e. The van der Waals surface area contributed by atoms with Gasteiger partial charge >= 0.3 is 0 Å². The van der Waals surface area contributed by atoms with Crippen LogP contribution in [0.2, 0.25) is 0 Å². The minimum absolute atomic E-state index is 0.191. The summed E-state index contributed by atoms with van der Waals surface area (Å²) in [5.41, 5.74) is 2.96. The monoisotopic (exact) mass is 478 g/mol. The highest BCUT2D eigenvalue weighted by atomic mass is 80.0. The van der Waals surface area contributed by atoms with Crippen LogP contribution in [0.1, 0.15) is 32.0 Å². The number of aromatic hydroxyl groups is 1. The van der Waals surface area contributed by atoms with E-state index in [2.05, 4.69) is 73.7 Å². The molecule has 0 bridgehead atoms. The summed E-state index contributed by atoms with van der Waals surface area (Å²) >= 11 is 10.6. The first-order valence-electron chi connectivity index (χ1n) is 6.49. The zero-order valence-electron chi connectivity index (χ0n) is 12.3. The summed E-state index contributed by atoms with van der Waals surface area (Å²) < 4.78 is 1.29. The van der Waals surface area contributed by atoms with E-state index in [1.807, 2.05) is 35.9 Å². The van der Waals surface area contributed by atoms with E-state index in [0.717, 1.165) is 16.8 Å². The van der Waals surface area contributed by atoms with Gasteiger partial charge in [-0.3, -0.25) is 4.68 Å². The van der Waals surface area contributed by atoms with E-state index in [0.29, 0.717) is 5.69 Å². The fourth-order valence-electron chi connectivity index (χ4n) is 2.27. The molecule has 0 aliphatic heterocycles.